The van der Waals surface area contributed by atoms with Crippen LogP contribution in [0.2, 0.25) is 0 Å². The fraction of sp³-hybridized carbons (Fsp3) is 0.458. The van der Waals surface area contributed by atoms with Gasteiger partial charge in [0.25, 0.3) is 0 Å². The Morgan fingerprint density at radius 1 is 1.28 bits per heavy atom. The Balaban J connectivity index is 1.89. The van der Waals surface area contributed by atoms with Crippen molar-refractivity contribution in [1.82, 2.24) is 9.29 Å². The van der Waals surface area contributed by atoms with E-state index in [-0.39, 0.29) is 6.61 Å². The molecular formula is C24H31N3OS. The van der Waals surface area contributed by atoms with E-state index in [1.165, 1.54) is 22.3 Å². The highest BCUT2D eigenvalue weighted by Gasteiger charge is 2.44. The maximum atomic E-state index is 9.44. The number of pyridine rings is 1. The molecule has 29 heavy (non-hydrogen) atoms. The fourth-order valence-electron chi connectivity index (χ4n) is 4.95. The molecule has 0 radical (unpaired) electrons. The first-order chi connectivity index (χ1) is 14.1. The van der Waals surface area contributed by atoms with Gasteiger partial charge in [0.15, 0.2) is 0 Å². The minimum absolute atomic E-state index is 0.189. The van der Waals surface area contributed by atoms with Gasteiger partial charge in [-0.15, -0.1) is 0 Å². The number of nitrogens with zero attached hydrogens (tertiary/aromatic N) is 2. The summed E-state index contributed by atoms with van der Waals surface area (Å²) in [6, 6.07) is 10.8. The van der Waals surface area contributed by atoms with Gasteiger partial charge >= 0.3 is 0 Å². The second kappa shape index (κ2) is 8.60. The second-order valence-corrected chi connectivity index (χ2v) is 9.12. The molecule has 154 valence electrons. The molecule has 1 aliphatic heterocycles. The summed E-state index contributed by atoms with van der Waals surface area (Å²) in [4.78, 5) is 4.88. The number of allylic oxidation sites excluding steroid dienone is 1. The Bertz CT molecular complexity index is 905. The van der Waals surface area contributed by atoms with Gasteiger partial charge in [-0.25, -0.2) is 0 Å². The normalized spacial score (nSPS) is 22.6. The number of fused-ring (bicyclic) bond motifs is 2. The van der Waals surface area contributed by atoms with Crippen molar-refractivity contribution in [3.8, 4) is 0 Å². The Hall–Kier alpha value is -1.66. The van der Waals surface area contributed by atoms with Crippen molar-refractivity contribution >= 4 is 23.6 Å². The van der Waals surface area contributed by atoms with Crippen molar-refractivity contribution in [2.24, 2.45) is 11.7 Å². The minimum atomic E-state index is -0.610. The molecule has 0 bridgehead atoms. The molecule has 1 aromatic carbocycles. The van der Waals surface area contributed by atoms with Crippen LogP contribution in [-0.4, -0.2) is 40.3 Å². The lowest BCUT2D eigenvalue weighted by molar-refractivity contribution is 0.207. The maximum Gasteiger partial charge on any atom is 0.0880 e. The van der Waals surface area contributed by atoms with Crippen LogP contribution in [-0.2, 0) is 5.54 Å². The molecule has 1 saturated heterocycles. The lowest BCUT2D eigenvalue weighted by Gasteiger charge is -2.43. The van der Waals surface area contributed by atoms with Crippen LogP contribution in [0.5, 0.6) is 0 Å². The van der Waals surface area contributed by atoms with E-state index in [1.807, 2.05) is 24.2 Å². The predicted molar refractivity (Wildman–Crippen MR) is 122 cm³/mol. The summed E-state index contributed by atoms with van der Waals surface area (Å²) in [6.45, 7) is 4.43. The SMILES string of the molecule is CSN1CCC(C2(N)c3ccc(C)cc3C=C(CCCO)c3cccnc32)CC1. The van der Waals surface area contributed by atoms with Crippen LogP contribution >= 0.6 is 11.9 Å². The molecule has 4 nitrogen and oxygen atoms in total. The molecule has 4 rings (SSSR count). The quantitative estimate of drug-likeness (QED) is 0.725. The molecule has 1 aromatic heterocycles. The van der Waals surface area contributed by atoms with Crippen molar-refractivity contribution in [3.63, 3.8) is 0 Å². The van der Waals surface area contributed by atoms with Gasteiger partial charge in [-0.3, -0.25) is 9.29 Å². The Kier molecular flexibility index (Phi) is 6.11. The van der Waals surface area contributed by atoms with Gasteiger partial charge < -0.3 is 10.8 Å². The average Bonchev–Trinajstić information content (AvgIpc) is 2.86. The number of aliphatic hydroxyl groups is 1. The van der Waals surface area contributed by atoms with Crippen molar-refractivity contribution in [1.29, 1.82) is 0 Å². The summed E-state index contributed by atoms with van der Waals surface area (Å²) < 4.78 is 2.43. The van der Waals surface area contributed by atoms with Crippen molar-refractivity contribution in [2.75, 3.05) is 26.0 Å². The zero-order valence-electron chi connectivity index (χ0n) is 17.4. The van der Waals surface area contributed by atoms with E-state index >= 15 is 0 Å². The van der Waals surface area contributed by atoms with Crippen LogP contribution < -0.4 is 5.73 Å². The highest BCUT2D eigenvalue weighted by Crippen LogP contribution is 2.46. The first kappa shape index (κ1) is 20.6. The van der Waals surface area contributed by atoms with Gasteiger partial charge in [-0.05, 0) is 67.5 Å². The second-order valence-electron chi connectivity index (χ2n) is 8.24. The van der Waals surface area contributed by atoms with Gasteiger partial charge in [0.05, 0.1) is 11.2 Å². The molecule has 0 amide bonds. The van der Waals surface area contributed by atoms with E-state index in [1.54, 1.807) is 0 Å². The summed E-state index contributed by atoms with van der Waals surface area (Å²) in [5.41, 5.74) is 13.8. The molecule has 1 aliphatic carbocycles. The molecule has 5 heteroatoms. The lowest BCUT2D eigenvalue weighted by Crippen LogP contribution is -2.50. The van der Waals surface area contributed by atoms with Crippen molar-refractivity contribution in [3.05, 3.63) is 64.5 Å². The van der Waals surface area contributed by atoms with Gasteiger partial charge in [-0.2, -0.15) is 0 Å². The molecule has 0 spiro atoms. The predicted octanol–water partition coefficient (Wildman–Crippen LogP) is 4.21. The van der Waals surface area contributed by atoms with E-state index in [9.17, 15) is 5.11 Å². The smallest absolute Gasteiger partial charge is 0.0880 e. The largest absolute Gasteiger partial charge is 0.396 e. The Labute approximate surface area is 178 Å². The summed E-state index contributed by atoms with van der Waals surface area (Å²) >= 11 is 1.82. The van der Waals surface area contributed by atoms with Gasteiger partial charge in [0.1, 0.15) is 0 Å². The number of benzene rings is 1. The Morgan fingerprint density at radius 3 is 2.79 bits per heavy atom. The van der Waals surface area contributed by atoms with Crippen LogP contribution in [0.15, 0.2) is 36.5 Å². The minimum Gasteiger partial charge on any atom is -0.396 e. The highest BCUT2D eigenvalue weighted by atomic mass is 32.2. The molecule has 1 unspecified atom stereocenters. The molecule has 2 aliphatic rings. The summed E-state index contributed by atoms with van der Waals surface area (Å²) in [5.74, 6) is 0.339. The van der Waals surface area contributed by atoms with Crippen LogP contribution in [0.3, 0.4) is 0 Å². The summed E-state index contributed by atoms with van der Waals surface area (Å²) in [5, 5.41) is 9.44. The van der Waals surface area contributed by atoms with E-state index in [0.717, 1.165) is 50.0 Å². The molecule has 1 atom stereocenters. The van der Waals surface area contributed by atoms with Crippen LogP contribution in [0, 0.1) is 12.8 Å². The first-order valence-electron chi connectivity index (χ1n) is 10.5. The van der Waals surface area contributed by atoms with E-state index in [0.29, 0.717) is 5.92 Å². The van der Waals surface area contributed by atoms with Crippen molar-refractivity contribution in [2.45, 2.75) is 38.1 Å². The third kappa shape index (κ3) is 3.77. The number of hydrogen-bond donors (Lipinski definition) is 2. The van der Waals surface area contributed by atoms with Gasteiger partial charge in [0.2, 0.25) is 0 Å². The van der Waals surface area contributed by atoms with E-state index in [2.05, 4.69) is 47.8 Å². The van der Waals surface area contributed by atoms with Crippen LogP contribution in [0.25, 0.3) is 11.6 Å². The van der Waals surface area contributed by atoms with Crippen molar-refractivity contribution < 1.29 is 5.11 Å². The summed E-state index contributed by atoms with van der Waals surface area (Å²) in [6.07, 6.45) is 9.99. The number of nitrogens with two attached hydrogens (primary N) is 1. The van der Waals surface area contributed by atoms with Gasteiger partial charge in [0, 0.05) is 31.5 Å². The number of aliphatic hydroxyl groups excluding tert-OH is 1. The molecule has 3 N–H and O–H groups in total. The number of aryl methyl sites for hydroxylation is 1. The zero-order valence-corrected chi connectivity index (χ0v) is 18.2. The molecule has 2 heterocycles. The maximum absolute atomic E-state index is 9.44. The Morgan fingerprint density at radius 2 is 2.07 bits per heavy atom. The molecular weight excluding hydrogens is 378 g/mol. The fourth-order valence-corrected chi connectivity index (χ4v) is 5.52. The summed E-state index contributed by atoms with van der Waals surface area (Å²) in [7, 11) is 0. The number of piperidine rings is 1. The highest BCUT2D eigenvalue weighted by molar-refractivity contribution is 7.96. The number of hydrogen-bond acceptors (Lipinski definition) is 5. The first-order valence-corrected chi connectivity index (χ1v) is 11.7. The third-order valence-corrected chi connectivity index (χ3v) is 7.37. The number of rotatable bonds is 5. The molecule has 1 fully saturated rings. The zero-order chi connectivity index (χ0) is 20.4. The topological polar surface area (TPSA) is 62.4 Å². The molecule has 2 aromatic rings. The van der Waals surface area contributed by atoms with E-state index < -0.39 is 5.54 Å². The van der Waals surface area contributed by atoms with Crippen LogP contribution in [0.4, 0.5) is 0 Å². The average molecular weight is 410 g/mol. The number of aromatic nitrogens is 1. The van der Waals surface area contributed by atoms with E-state index in [4.69, 9.17) is 10.7 Å². The molecule has 0 saturated carbocycles. The standard InChI is InChI=1S/C24H31N3OS/c1-17-7-8-22-19(15-17)16-18(5-4-14-28)21-6-3-11-26-23(21)24(22,25)20-9-12-27(29-2)13-10-20/h3,6-8,11,15-16,20,28H,4-5,9-10,12-14,25H2,1-2H3. The third-order valence-electron chi connectivity index (χ3n) is 6.49. The monoisotopic (exact) mass is 409 g/mol. The van der Waals surface area contributed by atoms with Gasteiger partial charge in [-0.1, -0.05) is 47.9 Å². The van der Waals surface area contributed by atoms with Crippen LogP contribution in [0.1, 0.15) is 53.6 Å². The lowest BCUT2D eigenvalue weighted by atomic mass is 9.70.